The molecule has 1 aromatic heterocycles. The van der Waals surface area contributed by atoms with Crippen LogP contribution in [0.4, 0.5) is 0 Å². The van der Waals surface area contributed by atoms with E-state index in [0.29, 0.717) is 0 Å². The zero-order chi connectivity index (χ0) is 12.1. The first-order valence-electron chi connectivity index (χ1n) is 5.92. The summed E-state index contributed by atoms with van der Waals surface area (Å²) < 4.78 is 11.0. The Hall–Kier alpha value is -0.650. The van der Waals surface area contributed by atoms with Crippen molar-refractivity contribution in [2.75, 3.05) is 19.0 Å². The fraction of sp³-hybridized carbons (Fsp3) is 0.667. The lowest BCUT2D eigenvalue weighted by Gasteiger charge is -2.22. The van der Waals surface area contributed by atoms with Crippen molar-refractivity contribution in [3.05, 3.63) is 17.5 Å². The fourth-order valence-electron chi connectivity index (χ4n) is 1.71. The van der Waals surface area contributed by atoms with Crippen molar-refractivity contribution >= 4 is 11.8 Å². The van der Waals surface area contributed by atoms with E-state index < -0.39 is 0 Å². The number of hydrogen-bond acceptors (Lipinski definition) is 5. The van der Waals surface area contributed by atoms with E-state index in [1.807, 2.05) is 19.9 Å². The van der Waals surface area contributed by atoms with Gasteiger partial charge < -0.3 is 9.47 Å². The van der Waals surface area contributed by atoms with Gasteiger partial charge in [-0.3, -0.25) is 0 Å². The molecule has 0 saturated carbocycles. The highest BCUT2D eigenvalue weighted by Crippen LogP contribution is 2.18. The number of rotatable bonds is 4. The Morgan fingerprint density at radius 3 is 2.53 bits per heavy atom. The molecule has 2 heterocycles. The third-order valence-corrected chi connectivity index (χ3v) is 3.32. The summed E-state index contributed by atoms with van der Waals surface area (Å²) in [5, 5.41) is 0.846. The third kappa shape index (κ3) is 4.26. The summed E-state index contributed by atoms with van der Waals surface area (Å²) in [4.78, 5) is 8.77. The number of aryl methyl sites for hydroxylation is 2. The van der Waals surface area contributed by atoms with Gasteiger partial charge >= 0.3 is 0 Å². The predicted octanol–water partition coefficient (Wildman–Crippen LogP) is 2.34. The van der Waals surface area contributed by atoms with Gasteiger partial charge in [-0.05, 0) is 26.3 Å². The van der Waals surface area contributed by atoms with E-state index in [1.54, 1.807) is 11.8 Å². The number of thioether (sulfide) groups is 1. The van der Waals surface area contributed by atoms with Crippen molar-refractivity contribution < 1.29 is 9.47 Å². The van der Waals surface area contributed by atoms with Gasteiger partial charge in [-0.15, -0.1) is 0 Å². The van der Waals surface area contributed by atoms with Gasteiger partial charge in [0.25, 0.3) is 0 Å². The smallest absolute Gasteiger partial charge is 0.187 e. The average Bonchev–Trinajstić information content (AvgIpc) is 2.29. The zero-order valence-corrected chi connectivity index (χ0v) is 11.1. The van der Waals surface area contributed by atoms with Gasteiger partial charge in [0.15, 0.2) is 11.4 Å². The van der Waals surface area contributed by atoms with Crippen LogP contribution in [0, 0.1) is 13.8 Å². The predicted molar refractivity (Wildman–Crippen MR) is 67.2 cm³/mol. The van der Waals surface area contributed by atoms with Gasteiger partial charge in [0.2, 0.25) is 0 Å². The van der Waals surface area contributed by atoms with Gasteiger partial charge in [-0.2, -0.15) is 0 Å². The first-order valence-corrected chi connectivity index (χ1v) is 6.91. The third-order valence-electron chi connectivity index (χ3n) is 2.44. The van der Waals surface area contributed by atoms with Crippen LogP contribution >= 0.6 is 11.8 Å². The maximum Gasteiger partial charge on any atom is 0.187 e. The van der Waals surface area contributed by atoms with Gasteiger partial charge in [-0.1, -0.05) is 11.8 Å². The van der Waals surface area contributed by atoms with E-state index >= 15 is 0 Å². The van der Waals surface area contributed by atoms with Crippen LogP contribution in [0.15, 0.2) is 11.2 Å². The first-order chi connectivity index (χ1) is 8.24. The number of hydrogen-bond donors (Lipinski definition) is 0. The Kier molecular flexibility index (Phi) is 4.76. The molecule has 0 aliphatic carbocycles. The molecule has 0 N–H and O–H groups in total. The molecule has 0 radical (unpaired) electrons. The Morgan fingerprint density at radius 1 is 1.24 bits per heavy atom. The van der Waals surface area contributed by atoms with Gasteiger partial charge in [-0.25, -0.2) is 9.97 Å². The van der Waals surface area contributed by atoms with Crippen molar-refractivity contribution in [3.63, 3.8) is 0 Å². The van der Waals surface area contributed by atoms with Crippen LogP contribution in [0.25, 0.3) is 0 Å². The minimum atomic E-state index is -0.0397. The van der Waals surface area contributed by atoms with Gasteiger partial charge in [0, 0.05) is 23.6 Å². The summed E-state index contributed by atoms with van der Waals surface area (Å²) in [5.41, 5.74) is 2.04. The molecule has 5 heteroatoms. The molecule has 1 aliphatic heterocycles. The van der Waals surface area contributed by atoms with Crippen LogP contribution in [0.5, 0.6) is 0 Å². The maximum absolute atomic E-state index is 5.49. The monoisotopic (exact) mass is 254 g/mol. The molecular weight excluding hydrogens is 236 g/mol. The highest BCUT2D eigenvalue weighted by atomic mass is 32.2. The Balaban J connectivity index is 1.77. The van der Waals surface area contributed by atoms with Gasteiger partial charge in [0.05, 0.1) is 13.2 Å². The number of ether oxygens (including phenoxy) is 2. The van der Waals surface area contributed by atoms with E-state index in [1.165, 1.54) is 0 Å². The quantitative estimate of drug-likeness (QED) is 0.609. The average molecular weight is 254 g/mol. The number of nitrogens with zero attached hydrogens (tertiary/aromatic N) is 2. The molecule has 17 heavy (non-hydrogen) atoms. The second-order valence-electron chi connectivity index (χ2n) is 4.10. The SMILES string of the molecule is Cc1cc(C)nc(SCCC2OCCCO2)n1. The fourth-order valence-corrected chi connectivity index (χ4v) is 2.62. The second-order valence-corrected chi connectivity index (χ2v) is 5.16. The molecule has 1 fully saturated rings. The minimum absolute atomic E-state index is 0.0397. The Bertz CT molecular complexity index is 347. The molecular formula is C12H18N2O2S. The van der Waals surface area contributed by atoms with Crippen LogP contribution in [0.1, 0.15) is 24.2 Å². The Morgan fingerprint density at radius 2 is 1.88 bits per heavy atom. The van der Waals surface area contributed by atoms with Crippen molar-refractivity contribution in [1.82, 2.24) is 9.97 Å². The van der Waals surface area contributed by atoms with E-state index in [4.69, 9.17) is 9.47 Å². The van der Waals surface area contributed by atoms with Gasteiger partial charge in [0.1, 0.15) is 0 Å². The topological polar surface area (TPSA) is 44.2 Å². The van der Waals surface area contributed by atoms with Crippen molar-refractivity contribution in [2.24, 2.45) is 0 Å². The normalized spacial score (nSPS) is 17.3. The second kappa shape index (κ2) is 6.33. The first kappa shape index (κ1) is 12.8. The molecule has 0 bridgehead atoms. The summed E-state index contributed by atoms with van der Waals surface area (Å²) >= 11 is 1.66. The van der Waals surface area contributed by atoms with E-state index in [9.17, 15) is 0 Å². The maximum atomic E-state index is 5.49. The van der Waals surface area contributed by atoms with E-state index in [-0.39, 0.29) is 6.29 Å². The molecule has 0 unspecified atom stereocenters. The summed E-state index contributed by atoms with van der Waals surface area (Å²) in [5.74, 6) is 0.924. The van der Waals surface area contributed by atoms with E-state index in [2.05, 4.69) is 9.97 Å². The largest absolute Gasteiger partial charge is 0.353 e. The van der Waals surface area contributed by atoms with Crippen LogP contribution in [-0.2, 0) is 9.47 Å². The molecule has 94 valence electrons. The van der Waals surface area contributed by atoms with E-state index in [0.717, 1.165) is 48.4 Å². The lowest BCUT2D eigenvalue weighted by molar-refractivity contribution is -0.178. The lowest BCUT2D eigenvalue weighted by Crippen LogP contribution is -2.25. The van der Waals surface area contributed by atoms with Crippen molar-refractivity contribution in [3.8, 4) is 0 Å². The molecule has 1 aliphatic rings. The minimum Gasteiger partial charge on any atom is -0.353 e. The molecule has 2 rings (SSSR count). The molecule has 0 spiro atoms. The molecule has 4 nitrogen and oxygen atoms in total. The summed E-state index contributed by atoms with van der Waals surface area (Å²) in [6, 6.07) is 1.98. The van der Waals surface area contributed by atoms with Crippen LogP contribution in [0.3, 0.4) is 0 Å². The van der Waals surface area contributed by atoms with Crippen LogP contribution < -0.4 is 0 Å². The summed E-state index contributed by atoms with van der Waals surface area (Å²) in [7, 11) is 0. The molecule has 0 aromatic carbocycles. The zero-order valence-electron chi connectivity index (χ0n) is 10.3. The van der Waals surface area contributed by atoms with Crippen LogP contribution in [0.2, 0.25) is 0 Å². The highest BCUT2D eigenvalue weighted by Gasteiger charge is 2.14. The summed E-state index contributed by atoms with van der Waals surface area (Å²) in [6.07, 6.45) is 1.85. The summed E-state index contributed by atoms with van der Waals surface area (Å²) in [6.45, 7) is 5.61. The van der Waals surface area contributed by atoms with Crippen LogP contribution in [-0.4, -0.2) is 35.2 Å². The van der Waals surface area contributed by atoms with Crippen molar-refractivity contribution in [1.29, 1.82) is 0 Å². The number of aromatic nitrogens is 2. The Labute approximate surface area is 106 Å². The van der Waals surface area contributed by atoms with Crippen molar-refractivity contribution in [2.45, 2.75) is 38.1 Å². The lowest BCUT2D eigenvalue weighted by atomic mass is 10.4. The molecule has 1 aromatic rings. The molecule has 1 saturated heterocycles. The standard InChI is InChI=1S/C12H18N2O2S/c1-9-8-10(2)14-12(13-9)17-7-4-11-15-5-3-6-16-11/h8,11H,3-7H2,1-2H3. The molecule has 0 amide bonds. The molecule has 0 atom stereocenters. The highest BCUT2D eigenvalue weighted by molar-refractivity contribution is 7.99.